The first-order valence-electron chi connectivity index (χ1n) is 10.8. The molecule has 2 aliphatic rings. The Morgan fingerprint density at radius 2 is 1.97 bits per heavy atom. The molecule has 0 amide bonds. The molecule has 0 aliphatic carbocycles. The lowest BCUT2D eigenvalue weighted by molar-refractivity contribution is -0.0737. The molecule has 2 aromatic rings. The van der Waals surface area contributed by atoms with Crippen LogP contribution in [0.25, 0.3) is 0 Å². The van der Waals surface area contributed by atoms with Crippen LogP contribution in [0.5, 0.6) is 0 Å². The number of carbonyl (C=O) groups is 1. The van der Waals surface area contributed by atoms with Gasteiger partial charge in [0.05, 0.1) is 25.5 Å². The van der Waals surface area contributed by atoms with Gasteiger partial charge < -0.3 is 14.2 Å². The molecule has 4 rings (SSSR count). The molecule has 2 saturated heterocycles. The first-order valence-corrected chi connectivity index (χ1v) is 12.2. The number of carbonyl (C=O) groups excluding carboxylic acids is 1. The molecule has 190 valence electrons. The van der Waals surface area contributed by atoms with E-state index in [1.165, 1.54) is 0 Å². The minimum Gasteiger partial charge on any atom is -0.432 e. The van der Waals surface area contributed by atoms with Crippen molar-refractivity contribution in [2.75, 3.05) is 6.61 Å². The maximum absolute atomic E-state index is 14.3. The van der Waals surface area contributed by atoms with Gasteiger partial charge in [-0.1, -0.05) is 30.3 Å². The number of ether oxygens (including phenoxy) is 3. The molecule has 0 spiro atoms. The summed E-state index contributed by atoms with van der Waals surface area (Å²) in [6.07, 6.45) is -3.47. The molecule has 3 heterocycles. The second-order valence-electron chi connectivity index (χ2n) is 8.10. The number of phosphoric ester groups is 1. The van der Waals surface area contributed by atoms with Crippen LogP contribution in [0.4, 0.5) is 9.18 Å². The zero-order valence-corrected chi connectivity index (χ0v) is 19.8. The molecule has 12 nitrogen and oxygen atoms in total. The van der Waals surface area contributed by atoms with E-state index in [2.05, 4.69) is 0 Å². The van der Waals surface area contributed by atoms with Crippen LogP contribution in [0, 0.1) is 5.82 Å². The molecule has 4 atom stereocenters. The highest BCUT2D eigenvalue weighted by Gasteiger charge is 2.48. The van der Waals surface area contributed by atoms with E-state index in [1.807, 2.05) is 6.07 Å². The summed E-state index contributed by atoms with van der Waals surface area (Å²) in [5.41, 5.74) is -1.50. The summed E-state index contributed by atoms with van der Waals surface area (Å²) in [5, 5.41) is 0. The Balaban J connectivity index is 1.46. The number of nitrogens with zero attached hydrogens (tertiary/aromatic N) is 2. The highest BCUT2D eigenvalue weighted by molar-refractivity contribution is 7.48. The van der Waals surface area contributed by atoms with Gasteiger partial charge in [0.1, 0.15) is 18.4 Å². The van der Waals surface area contributed by atoms with E-state index in [1.54, 1.807) is 38.1 Å². The Kier molecular flexibility index (Phi) is 7.53. The highest BCUT2D eigenvalue weighted by atomic mass is 31.2. The Labute approximate surface area is 198 Å². The summed E-state index contributed by atoms with van der Waals surface area (Å²) < 4.78 is 59.9. The van der Waals surface area contributed by atoms with E-state index < -0.39 is 62.3 Å². The van der Waals surface area contributed by atoms with Crippen molar-refractivity contribution in [2.24, 2.45) is 0 Å². The van der Waals surface area contributed by atoms with Crippen LogP contribution in [0.1, 0.15) is 32.1 Å². The fourth-order valence-corrected chi connectivity index (χ4v) is 4.93. The van der Waals surface area contributed by atoms with Gasteiger partial charge in [-0.2, -0.15) is 4.39 Å². The Bertz CT molecular complexity index is 1230. The summed E-state index contributed by atoms with van der Waals surface area (Å²) in [6.45, 7) is 2.15. The molecule has 35 heavy (non-hydrogen) atoms. The molecular formula is C21H24FN2O10P. The van der Waals surface area contributed by atoms with Gasteiger partial charge in [0.15, 0.2) is 6.73 Å². The van der Waals surface area contributed by atoms with Crippen molar-refractivity contribution in [3.05, 3.63) is 68.7 Å². The number of hydrogen-bond acceptors (Lipinski definition) is 10. The fourth-order valence-electron chi connectivity index (χ4n) is 3.54. The number of halogens is 1. The maximum atomic E-state index is 14.3. The monoisotopic (exact) mass is 514 g/mol. The van der Waals surface area contributed by atoms with Crippen molar-refractivity contribution in [2.45, 2.75) is 58.1 Å². The highest BCUT2D eigenvalue weighted by Crippen LogP contribution is 2.57. The topological polar surface area (TPSA) is 134 Å². The Morgan fingerprint density at radius 3 is 2.69 bits per heavy atom. The standard InChI is InChI=1S/C21H24FN2O10P/c1-13(2)32-21(27)29-12-24-19(25)15(22)9-23(20(24)26)18-8-16-17(33-18)11-31-35(28,34-16)30-10-14-6-4-3-5-7-14/h3-7,9,13,16-18H,8,10-12H2,1-2H3/t16-,17+,18+,35?/m0/s1. The van der Waals surface area contributed by atoms with E-state index >= 15 is 0 Å². The van der Waals surface area contributed by atoms with Crippen LogP contribution in [-0.2, 0) is 45.7 Å². The maximum Gasteiger partial charge on any atom is 0.510 e. The molecule has 0 bridgehead atoms. The number of rotatable bonds is 7. The van der Waals surface area contributed by atoms with Gasteiger partial charge in [-0.15, -0.1) is 0 Å². The summed E-state index contributed by atoms with van der Waals surface area (Å²) in [4.78, 5) is 36.6. The molecule has 14 heteroatoms. The van der Waals surface area contributed by atoms with Crippen LogP contribution in [-0.4, -0.2) is 40.2 Å². The molecule has 1 aromatic carbocycles. The van der Waals surface area contributed by atoms with Gasteiger partial charge in [0.2, 0.25) is 5.82 Å². The largest absolute Gasteiger partial charge is 0.510 e. The number of benzene rings is 1. The molecule has 1 unspecified atom stereocenters. The molecule has 0 N–H and O–H groups in total. The third kappa shape index (κ3) is 5.88. The second-order valence-corrected chi connectivity index (χ2v) is 9.72. The van der Waals surface area contributed by atoms with Crippen molar-refractivity contribution in [3.8, 4) is 0 Å². The molecule has 2 fully saturated rings. The molecule has 0 saturated carbocycles. The van der Waals surface area contributed by atoms with E-state index in [-0.39, 0.29) is 19.6 Å². The molecule has 1 aromatic heterocycles. The van der Waals surface area contributed by atoms with Crippen LogP contribution in [0.2, 0.25) is 0 Å². The number of phosphoric acid groups is 1. The van der Waals surface area contributed by atoms with E-state index in [9.17, 15) is 23.3 Å². The van der Waals surface area contributed by atoms with Crippen molar-refractivity contribution < 1.29 is 41.5 Å². The smallest absolute Gasteiger partial charge is 0.432 e. The summed E-state index contributed by atoms with van der Waals surface area (Å²) in [5.74, 6) is -1.27. The van der Waals surface area contributed by atoms with Crippen LogP contribution in [0.15, 0.2) is 46.1 Å². The third-order valence-corrected chi connectivity index (χ3v) is 6.62. The minimum absolute atomic E-state index is 0.000508. The summed E-state index contributed by atoms with van der Waals surface area (Å²) in [7, 11) is -3.91. The van der Waals surface area contributed by atoms with Gasteiger partial charge in [0, 0.05) is 6.42 Å². The van der Waals surface area contributed by atoms with Gasteiger partial charge in [-0.3, -0.25) is 22.9 Å². The second kappa shape index (κ2) is 10.4. The minimum atomic E-state index is -3.91. The van der Waals surface area contributed by atoms with E-state index in [0.29, 0.717) is 10.8 Å². The van der Waals surface area contributed by atoms with E-state index in [0.717, 1.165) is 10.1 Å². The van der Waals surface area contributed by atoms with Crippen LogP contribution in [0.3, 0.4) is 0 Å². The van der Waals surface area contributed by atoms with Crippen molar-refractivity contribution in [1.29, 1.82) is 0 Å². The van der Waals surface area contributed by atoms with Gasteiger partial charge >= 0.3 is 19.7 Å². The lowest BCUT2D eigenvalue weighted by Gasteiger charge is -2.29. The molecular weight excluding hydrogens is 490 g/mol. The predicted octanol–water partition coefficient (Wildman–Crippen LogP) is 2.70. The zero-order valence-electron chi connectivity index (χ0n) is 18.9. The predicted molar refractivity (Wildman–Crippen MR) is 116 cm³/mol. The van der Waals surface area contributed by atoms with Crippen LogP contribution >= 0.6 is 7.82 Å². The SMILES string of the molecule is CC(C)OC(=O)OCn1c(=O)c(F)cn([C@H]2C[C@@H]3OP(=O)(OCc4ccccc4)OC[C@H]3O2)c1=O. The zero-order chi connectivity index (χ0) is 25.2. The summed E-state index contributed by atoms with van der Waals surface area (Å²) in [6, 6.07) is 9.01. The van der Waals surface area contributed by atoms with Gasteiger partial charge in [-0.25, -0.2) is 18.7 Å². The Morgan fingerprint density at radius 1 is 1.23 bits per heavy atom. The first-order chi connectivity index (χ1) is 16.6. The molecule has 0 radical (unpaired) electrons. The number of aromatic nitrogens is 2. The lowest BCUT2D eigenvalue weighted by atomic mass is 10.2. The van der Waals surface area contributed by atoms with Crippen molar-refractivity contribution in [1.82, 2.24) is 9.13 Å². The van der Waals surface area contributed by atoms with Crippen molar-refractivity contribution in [3.63, 3.8) is 0 Å². The summed E-state index contributed by atoms with van der Waals surface area (Å²) >= 11 is 0. The first kappa shape index (κ1) is 25.3. The quantitative estimate of drug-likeness (QED) is 0.401. The van der Waals surface area contributed by atoms with Crippen LogP contribution < -0.4 is 11.2 Å². The fraction of sp³-hybridized carbons (Fsp3) is 0.476. The van der Waals surface area contributed by atoms with Gasteiger partial charge in [-0.05, 0) is 19.4 Å². The van der Waals surface area contributed by atoms with E-state index in [4.69, 9.17) is 27.8 Å². The Hall–Kier alpha value is -2.83. The van der Waals surface area contributed by atoms with Gasteiger partial charge in [0.25, 0.3) is 5.56 Å². The number of hydrogen-bond donors (Lipinski definition) is 0. The van der Waals surface area contributed by atoms with Crippen molar-refractivity contribution >= 4 is 14.0 Å². The third-order valence-electron chi connectivity index (χ3n) is 5.18. The number of fused-ring (bicyclic) bond motifs is 1. The average Bonchev–Trinajstić information content (AvgIpc) is 3.23. The molecule has 2 aliphatic heterocycles. The normalized spacial score (nSPS) is 25.9. The lowest BCUT2D eigenvalue weighted by Crippen LogP contribution is -2.43. The average molecular weight is 514 g/mol.